The van der Waals surface area contributed by atoms with Crippen LogP contribution < -0.4 is 14.8 Å². The number of para-hydroxylation sites is 1. The smallest absolute Gasteiger partial charge is 0.289 e. The molecule has 1 atom stereocenters. The number of amides is 1. The lowest BCUT2D eigenvalue weighted by atomic mass is 9.98. The molecule has 166 valence electrons. The molecular weight excluding hydrogens is 426 g/mol. The van der Waals surface area contributed by atoms with Crippen molar-refractivity contribution in [2.75, 3.05) is 32.6 Å². The molecule has 0 saturated carbocycles. The zero-order valence-electron chi connectivity index (χ0n) is 17.1. The van der Waals surface area contributed by atoms with E-state index in [4.69, 9.17) is 9.47 Å². The Morgan fingerprint density at radius 2 is 1.81 bits per heavy atom. The number of carbonyl (C=O) groups excluding carboxylic acids is 1. The van der Waals surface area contributed by atoms with Crippen LogP contribution >= 0.6 is 0 Å². The molecule has 11 heteroatoms. The maximum atomic E-state index is 13.1. The summed E-state index contributed by atoms with van der Waals surface area (Å²) in [6, 6.07) is 10.1. The van der Waals surface area contributed by atoms with Crippen molar-refractivity contribution in [2.24, 2.45) is 5.92 Å². The van der Waals surface area contributed by atoms with Crippen molar-refractivity contribution in [1.82, 2.24) is 4.31 Å². The summed E-state index contributed by atoms with van der Waals surface area (Å²) in [4.78, 5) is 23.0. The van der Waals surface area contributed by atoms with Crippen molar-refractivity contribution in [3.8, 4) is 11.5 Å². The van der Waals surface area contributed by atoms with E-state index in [1.54, 1.807) is 18.2 Å². The number of nitro groups is 1. The minimum Gasteiger partial charge on any atom is -0.497 e. The zero-order valence-corrected chi connectivity index (χ0v) is 17.9. The molecule has 10 nitrogen and oxygen atoms in total. The van der Waals surface area contributed by atoms with Gasteiger partial charge >= 0.3 is 0 Å². The number of hydrogen-bond acceptors (Lipinski definition) is 7. The highest BCUT2D eigenvalue weighted by atomic mass is 32.2. The Bertz CT molecular complexity index is 1070. The van der Waals surface area contributed by atoms with Crippen LogP contribution in [-0.2, 0) is 14.8 Å². The number of nitrogens with zero attached hydrogens (tertiary/aromatic N) is 2. The largest absolute Gasteiger partial charge is 0.497 e. The summed E-state index contributed by atoms with van der Waals surface area (Å²) in [5.74, 6) is 0.0408. The normalized spacial score (nSPS) is 17.0. The van der Waals surface area contributed by atoms with Crippen LogP contribution in [0, 0.1) is 16.0 Å². The highest BCUT2D eigenvalue weighted by Crippen LogP contribution is 2.31. The van der Waals surface area contributed by atoms with Crippen LogP contribution in [0.5, 0.6) is 11.5 Å². The van der Waals surface area contributed by atoms with Crippen molar-refractivity contribution in [3.63, 3.8) is 0 Å². The third-order valence-electron chi connectivity index (χ3n) is 5.05. The highest BCUT2D eigenvalue weighted by Gasteiger charge is 2.36. The van der Waals surface area contributed by atoms with Gasteiger partial charge in [-0.15, -0.1) is 0 Å². The number of nitrogens with one attached hydrogen (secondary N) is 1. The first kappa shape index (κ1) is 22.5. The SMILES string of the molecule is COc1cc(NC(=O)C2CCCN(S(=O)(=O)c3ccccc3[N+](=O)[O-])C2)cc(OC)c1. The van der Waals surface area contributed by atoms with Crippen LogP contribution in [0.1, 0.15) is 12.8 Å². The Balaban J connectivity index is 1.79. The molecule has 0 radical (unpaired) electrons. The second-order valence-corrected chi connectivity index (χ2v) is 8.92. The Kier molecular flexibility index (Phi) is 6.76. The monoisotopic (exact) mass is 449 g/mol. The van der Waals surface area contributed by atoms with Gasteiger partial charge in [0.2, 0.25) is 15.9 Å². The van der Waals surface area contributed by atoms with Gasteiger partial charge in [0.1, 0.15) is 11.5 Å². The standard InChI is InChI=1S/C20H23N3O7S/c1-29-16-10-15(11-17(12-16)30-2)21-20(24)14-6-5-9-22(13-14)31(27,28)19-8-4-3-7-18(19)23(25)26/h3-4,7-8,10-12,14H,5-6,9,13H2,1-2H3,(H,21,24). The van der Waals surface area contributed by atoms with Crippen molar-refractivity contribution < 1.29 is 27.6 Å². The van der Waals surface area contributed by atoms with Gasteiger partial charge in [0.25, 0.3) is 5.69 Å². The van der Waals surface area contributed by atoms with Crippen molar-refractivity contribution in [2.45, 2.75) is 17.7 Å². The molecule has 1 aliphatic heterocycles. The van der Waals surface area contributed by atoms with Crippen molar-refractivity contribution in [3.05, 3.63) is 52.6 Å². The van der Waals surface area contributed by atoms with E-state index >= 15 is 0 Å². The Morgan fingerprint density at radius 1 is 1.16 bits per heavy atom. The summed E-state index contributed by atoms with van der Waals surface area (Å²) < 4.78 is 37.6. The first-order valence-electron chi connectivity index (χ1n) is 9.53. The Hall–Kier alpha value is -3.18. The molecule has 1 N–H and O–H groups in total. The average Bonchev–Trinajstić information content (AvgIpc) is 2.78. The van der Waals surface area contributed by atoms with E-state index in [1.807, 2.05) is 0 Å². The fraction of sp³-hybridized carbons (Fsp3) is 0.350. The predicted octanol–water partition coefficient (Wildman–Crippen LogP) is 2.65. The molecule has 1 saturated heterocycles. The molecule has 31 heavy (non-hydrogen) atoms. The van der Waals surface area contributed by atoms with Gasteiger partial charge in [0.15, 0.2) is 4.90 Å². The van der Waals surface area contributed by atoms with E-state index in [9.17, 15) is 23.3 Å². The van der Waals surface area contributed by atoms with Crippen LogP contribution in [0.25, 0.3) is 0 Å². The number of anilines is 1. The molecule has 0 aliphatic carbocycles. The van der Waals surface area contributed by atoms with E-state index in [0.29, 0.717) is 30.0 Å². The number of benzene rings is 2. The van der Waals surface area contributed by atoms with E-state index in [0.717, 1.165) is 10.4 Å². The summed E-state index contributed by atoms with van der Waals surface area (Å²) in [7, 11) is -1.14. The second kappa shape index (κ2) is 9.31. The molecule has 1 fully saturated rings. The number of sulfonamides is 1. The van der Waals surface area contributed by atoms with Gasteiger partial charge in [-0.25, -0.2) is 8.42 Å². The number of piperidine rings is 1. The molecule has 0 aromatic heterocycles. The van der Waals surface area contributed by atoms with E-state index < -0.39 is 26.6 Å². The minimum absolute atomic E-state index is 0.0681. The summed E-state index contributed by atoms with van der Waals surface area (Å²) in [5.41, 5.74) is -0.0302. The van der Waals surface area contributed by atoms with Gasteiger partial charge in [-0.1, -0.05) is 12.1 Å². The predicted molar refractivity (Wildman–Crippen MR) is 113 cm³/mol. The maximum Gasteiger partial charge on any atom is 0.289 e. The van der Waals surface area contributed by atoms with Crippen LogP contribution in [-0.4, -0.2) is 50.9 Å². The van der Waals surface area contributed by atoms with E-state index in [-0.39, 0.29) is 23.9 Å². The average molecular weight is 449 g/mol. The molecule has 1 unspecified atom stereocenters. The van der Waals surface area contributed by atoms with Crippen molar-refractivity contribution in [1.29, 1.82) is 0 Å². The lowest BCUT2D eigenvalue weighted by Crippen LogP contribution is -2.43. The molecule has 2 aromatic carbocycles. The van der Waals surface area contributed by atoms with Crippen LogP contribution in [0.3, 0.4) is 0 Å². The lowest BCUT2D eigenvalue weighted by molar-refractivity contribution is -0.387. The summed E-state index contributed by atoms with van der Waals surface area (Å²) in [5, 5.41) is 14.0. The fourth-order valence-corrected chi connectivity index (χ4v) is 5.15. The summed E-state index contributed by atoms with van der Waals surface area (Å²) >= 11 is 0. The Labute approximate surface area is 180 Å². The summed E-state index contributed by atoms with van der Waals surface area (Å²) in [6.07, 6.45) is 0.954. The van der Waals surface area contributed by atoms with Gasteiger partial charge in [0, 0.05) is 43.0 Å². The number of nitro benzene ring substituents is 1. The van der Waals surface area contributed by atoms with Crippen LogP contribution in [0.15, 0.2) is 47.4 Å². The molecular formula is C20H23N3O7S. The maximum absolute atomic E-state index is 13.1. The van der Waals surface area contributed by atoms with Gasteiger partial charge in [-0.3, -0.25) is 14.9 Å². The number of hydrogen-bond donors (Lipinski definition) is 1. The molecule has 1 aliphatic rings. The molecule has 1 heterocycles. The highest BCUT2D eigenvalue weighted by molar-refractivity contribution is 7.89. The lowest BCUT2D eigenvalue weighted by Gasteiger charge is -2.31. The molecule has 1 amide bonds. The number of ether oxygens (including phenoxy) is 2. The van der Waals surface area contributed by atoms with Crippen molar-refractivity contribution >= 4 is 27.3 Å². The van der Waals surface area contributed by atoms with E-state index in [1.165, 1.54) is 32.4 Å². The van der Waals surface area contributed by atoms with Crippen LogP contribution in [0.4, 0.5) is 11.4 Å². The molecule has 2 aromatic rings. The molecule has 3 rings (SSSR count). The quantitative estimate of drug-likeness (QED) is 0.508. The zero-order chi connectivity index (χ0) is 22.6. The first-order valence-corrected chi connectivity index (χ1v) is 11.0. The second-order valence-electron chi connectivity index (χ2n) is 7.02. The fourth-order valence-electron chi connectivity index (χ4n) is 3.46. The van der Waals surface area contributed by atoms with Gasteiger partial charge < -0.3 is 14.8 Å². The minimum atomic E-state index is -4.13. The third-order valence-corrected chi connectivity index (χ3v) is 6.97. The van der Waals surface area contributed by atoms with Gasteiger partial charge in [-0.05, 0) is 18.9 Å². The first-order chi connectivity index (χ1) is 14.8. The Morgan fingerprint density at radius 3 is 2.42 bits per heavy atom. The number of carbonyl (C=O) groups is 1. The van der Waals surface area contributed by atoms with Crippen LogP contribution in [0.2, 0.25) is 0 Å². The van der Waals surface area contributed by atoms with Gasteiger partial charge in [0.05, 0.1) is 25.1 Å². The third kappa shape index (κ3) is 4.94. The molecule has 0 bridgehead atoms. The van der Waals surface area contributed by atoms with E-state index in [2.05, 4.69) is 5.32 Å². The molecule has 0 spiro atoms. The van der Waals surface area contributed by atoms with Gasteiger partial charge in [-0.2, -0.15) is 4.31 Å². The number of methoxy groups -OCH3 is 2. The number of rotatable bonds is 7. The topological polar surface area (TPSA) is 128 Å². The summed E-state index contributed by atoms with van der Waals surface area (Å²) in [6.45, 7) is 0.118.